The maximum Gasteiger partial charge on any atom is 0.113 e. The first-order valence-corrected chi connectivity index (χ1v) is 6.83. The summed E-state index contributed by atoms with van der Waals surface area (Å²) in [6.07, 6.45) is 4.34. The summed E-state index contributed by atoms with van der Waals surface area (Å²) >= 11 is 0. The zero-order valence-corrected chi connectivity index (χ0v) is 11.5. The molecule has 0 radical (unpaired) electrons. The van der Waals surface area contributed by atoms with E-state index in [4.69, 9.17) is 11.0 Å². The van der Waals surface area contributed by atoms with Crippen molar-refractivity contribution in [3.05, 3.63) is 30.1 Å². The lowest BCUT2D eigenvalue weighted by atomic mass is 9.96. The number of fused-ring (bicyclic) bond motifs is 1. The number of benzene rings is 1. The van der Waals surface area contributed by atoms with Crippen LogP contribution in [0.2, 0.25) is 0 Å². The fourth-order valence-electron chi connectivity index (χ4n) is 2.98. The van der Waals surface area contributed by atoms with Crippen molar-refractivity contribution in [1.82, 2.24) is 9.97 Å². The number of nitrogens with zero attached hydrogens (tertiary/aromatic N) is 4. The number of nitriles is 1. The summed E-state index contributed by atoms with van der Waals surface area (Å²) in [6, 6.07) is 6.13. The van der Waals surface area contributed by atoms with Crippen molar-refractivity contribution >= 4 is 16.7 Å². The van der Waals surface area contributed by atoms with E-state index >= 15 is 0 Å². The van der Waals surface area contributed by atoms with E-state index < -0.39 is 0 Å². The molecule has 0 aliphatic carbocycles. The Morgan fingerprint density at radius 2 is 2.00 bits per heavy atom. The molecule has 0 spiro atoms. The van der Waals surface area contributed by atoms with Crippen molar-refractivity contribution in [2.45, 2.75) is 19.4 Å². The van der Waals surface area contributed by atoms with Crippen LogP contribution in [0.5, 0.6) is 0 Å². The van der Waals surface area contributed by atoms with Crippen molar-refractivity contribution < 1.29 is 0 Å². The maximum absolute atomic E-state index is 9.17. The molecule has 1 aliphatic heterocycles. The van der Waals surface area contributed by atoms with Gasteiger partial charge in [0.25, 0.3) is 0 Å². The summed E-state index contributed by atoms with van der Waals surface area (Å²) in [6.45, 7) is 4.00. The Kier molecular flexibility index (Phi) is 3.25. The molecule has 0 saturated carbocycles. The van der Waals surface area contributed by atoms with Gasteiger partial charge in [-0.25, -0.2) is 0 Å². The molecule has 5 nitrogen and oxygen atoms in total. The first-order valence-electron chi connectivity index (χ1n) is 6.83. The summed E-state index contributed by atoms with van der Waals surface area (Å²) in [5, 5.41) is 9.17. The molecule has 3 rings (SSSR count). The van der Waals surface area contributed by atoms with Gasteiger partial charge in [-0.2, -0.15) is 5.26 Å². The predicted octanol–water partition coefficient (Wildman–Crippen LogP) is 1.67. The van der Waals surface area contributed by atoms with Gasteiger partial charge in [0.15, 0.2) is 0 Å². The Balaban J connectivity index is 2.11. The van der Waals surface area contributed by atoms with Crippen LogP contribution in [0.1, 0.15) is 18.9 Å². The van der Waals surface area contributed by atoms with Crippen molar-refractivity contribution in [1.29, 1.82) is 5.26 Å². The molecule has 1 saturated heterocycles. The molecule has 1 aromatic carbocycles. The maximum atomic E-state index is 9.17. The summed E-state index contributed by atoms with van der Waals surface area (Å²) in [4.78, 5) is 11.0. The molecular weight excluding hydrogens is 250 g/mol. The second-order valence-electron chi connectivity index (χ2n) is 5.50. The summed E-state index contributed by atoms with van der Waals surface area (Å²) in [7, 11) is 0. The number of piperidine rings is 1. The molecule has 5 heteroatoms. The Labute approximate surface area is 118 Å². The van der Waals surface area contributed by atoms with Gasteiger partial charge in [-0.05, 0) is 24.5 Å². The van der Waals surface area contributed by atoms with Crippen LogP contribution in [-0.2, 0) is 0 Å². The van der Waals surface area contributed by atoms with Crippen molar-refractivity contribution in [3.8, 4) is 6.07 Å². The molecule has 2 heterocycles. The van der Waals surface area contributed by atoms with Gasteiger partial charge in [-0.15, -0.1) is 0 Å². The van der Waals surface area contributed by atoms with Crippen LogP contribution in [-0.4, -0.2) is 29.1 Å². The number of anilines is 1. The molecule has 1 fully saturated rings. The van der Waals surface area contributed by atoms with E-state index in [1.165, 1.54) is 0 Å². The fourth-order valence-corrected chi connectivity index (χ4v) is 2.98. The lowest BCUT2D eigenvalue weighted by Gasteiger charge is -2.36. The monoisotopic (exact) mass is 267 g/mol. The van der Waals surface area contributed by atoms with E-state index in [0.29, 0.717) is 17.0 Å². The van der Waals surface area contributed by atoms with Crippen LogP contribution in [0.4, 0.5) is 5.69 Å². The second kappa shape index (κ2) is 5.06. The SMILES string of the molecule is C[C@H]1C[C@@H](N)CN(c2ccc(C#N)c3nccnc23)C1. The van der Waals surface area contributed by atoms with Gasteiger partial charge in [0.2, 0.25) is 0 Å². The molecule has 102 valence electrons. The van der Waals surface area contributed by atoms with Gasteiger partial charge in [0.1, 0.15) is 17.1 Å². The third kappa shape index (κ3) is 2.19. The fraction of sp³-hybridized carbons (Fsp3) is 0.400. The highest BCUT2D eigenvalue weighted by Gasteiger charge is 2.24. The minimum Gasteiger partial charge on any atom is -0.368 e. The summed E-state index contributed by atoms with van der Waals surface area (Å²) in [5.74, 6) is 0.557. The number of hydrogen-bond donors (Lipinski definition) is 1. The standard InChI is InChI=1S/C15H17N5/c1-10-6-12(17)9-20(8-10)13-3-2-11(7-16)14-15(13)19-5-4-18-14/h2-5,10,12H,6,8-9,17H2,1H3/t10-,12+/m0/s1. The smallest absolute Gasteiger partial charge is 0.113 e. The molecule has 0 bridgehead atoms. The van der Waals surface area contributed by atoms with Gasteiger partial charge in [0.05, 0.1) is 11.3 Å². The van der Waals surface area contributed by atoms with Crippen LogP contribution in [0.3, 0.4) is 0 Å². The highest BCUT2D eigenvalue weighted by molar-refractivity contribution is 5.91. The largest absolute Gasteiger partial charge is 0.368 e. The second-order valence-corrected chi connectivity index (χ2v) is 5.50. The molecule has 1 aromatic heterocycles. The van der Waals surface area contributed by atoms with Gasteiger partial charge < -0.3 is 10.6 Å². The van der Waals surface area contributed by atoms with Crippen LogP contribution >= 0.6 is 0 Å². The average Bonchev–Trinajstić information content (AvgIpc) is 2.45. The molecule has 1 aliphatic rings. The lowest BCUT2D eigenvalue weighted by Crippen LogP contribution is -2.46. The summed E-state index contributed by atoms with van der Waals surface area (Å²) < 4.78 is 0. The van der Waals surface area contributed by atoms with Crippen molar-refractivity contribution in [3.63, 3.8) is 0 Å². The topological polar surface area (TPSA) is 78.8 Å². The lowest BCUT2D eigenvalue weighted by molar-refractivity contribution is 0.402. The average molecular weight is 267 g/mol. The molecular formula is C15H17N5. The van der Waals surface area contributed by atoms with Gasteiger partial charge in [-0.3, -0.25) is 9.97 Å². The highest BCUT2D eigenvalue weighted by atomic mass is 15.2. The van der Waals surface area contributed by atoms with Crippen LogP contribution in [0, 0.1) is 17.2 Å². The zero-order valence-electron chi connectivity index (χ0n) is 11.5. The zero-order chi connectivity index (χ0) is 14.1. The number of nitrogens with two attached hydrogens (primary N) is 1. The van der Waals surface area contributed by atoms with Gasteiger partial charge in [0, 0.05) is 31.5 Å². The summed E-state index contributed by atoms with van der Waals surface area (Å²) in [5.41, 5.74) is 9.16. The Morgan fingerprint density at radius 1 is 1.25 bits per heavy atom. The van der Waals surface area contributed by atoms with Crippen LogP contribution in [0.25, 0.3) is 11.0 Å². The molecule has 0 amide bonds. The van der Waals surface area contributed by atoms with E-state index in [0.717, 1.165) is 30.7 Å². The highest BCUT2D eigenvalue weighted by Crippen LogP contribution is 2.29. The minimum absolute atomic E-state index is 0.182. The quantitative estimate of drug-likeness (QED) is 0.850. The number of hydrogen-bond acceptors (Lipinski definition) is 5. The number of rotatable bonds is 1. The Morgan fingerprint density at radius 3 is 2.70 bits per heavy atom. The Hall–Kier alpha value is -2.19. The first-order chi connectivity index (χ1) is 9.69. The normalized spacial score (nSPS) is 22.8. The van der Waals surface area contributed by atoms with Crippen LogP contribution in [0.15, 0.2) is 24.5 Å². The molecule has 2 N–H and O–H groups in total. The molecule has 20 heavy (non-hydrogen) atoms. The van der Waals surface area contributed by atoms with E-state index in [1.807, 2.05) is 12.1 Å². The van der Waals surface area contributed by atoms with E-state index in [9.17, 15) is 0 Å². The Bertz CT molecular complexity index is 666. The number of aromatic nitrogens is 2. The molecule has 2 aromatic rings. The minimum atomic E-state index is 0.182. The third-order valence-electron chi connectivity index (χ3n) is 3.76. The predicted molar refractivity (Wildman–Crippen MR) is 78.2 cm³/mol. The van der Waals surface area contributed by atoms with E-state index in [1.54, 1.807) is 12.4 Å². The molecule has 2 atom stereocenters. The van der Waals surface area contributed by atoms with E-state index in [2.05, 4.69) is 27.9 Å². The van der Waals surface area contributed by atoms with Crippen molar-refractivity contribution in [2.24, 2.45) is 11.7 Å². The first kappa shape index (κ1) is 12.8. The third-order valence-corrected chi connectivity index (χ3v) is 3.76. The van der Waals surface area contributed by atoms with E-state index in [-0.39, 0.29) is 6.04 Å². The van der Waals surface area contributed by atoms with Gasteiger partial charge in [-0.1, -0.05) is 6.92 Å². The van der Waals surface area contributed by atoms with Crippen LogP contribution < -0.4 is 10.6 Å². The molecule has 0 unspecified atom stereocenters. The van der Waals surface area contributed by atoms with Gasteiger partial charge >= 0.3 is 0 Å². The van der Waals surface area contributed by atoms with Crippen molar-refractivity contribution in [2.75, 3.05) is 18.0 Å².